The van der Waals surface area contributed by atoms with E-state index in [1.165, 1.54) is 4.68 Å². The molecular weight excluding hydrogens is 332 g/mol. The van der Waals surface area contributed by atoms with Crippen molar-refractivity contribution in [2.24, 2.45) is 7.05 Å². The van der Waals surface area contributed by atoms with Crippen molar-refractivity contribution in [2.75, 3.05) is 13.7 Å². The summed E-state index contributed by atoms with van der Waals surface area (Å²) in [5.74, 6) is 0.688. The molecule has 1 aliphatic heterocycles. The van der Waals surface area contributed by atoms with Crippen molar-refractivity contribution >= 4 is 16.8 Å². The van der Waals surface area contributed by atoms with Gasteiger partial charge in [0, 0.05) is 36.8 Å². The molecule has 0 radical (unpaired) electrons. The summed E-state index contributed by atoms with van der Waals surface area (Å²) in [6, 6.07) is 7.14. The minimum absolute atomic E-state index is 0.0288. The van der Waals surface area contributed by atoms with Crippen LogP contribution in [0.3, 0.4) is 0 Å². The number of aromatic amines is 2. The second kappa shape index (κ2) is 6.40. The monoisotopic (exact) mass is 354 g/mol. The standard InChI is InChI=1S/C19H22N4O3/c1-22-18(24)10-16(21-22)17-5-3-4-8-23(17)19(25)14-11-20-15-7-6-12(26-2)9-13(14)15/h6-7,9-11,17,20-21H,3-5,8H2,1-2H3. The molecule has 1 atom stereocenters. The van der Waals surface area contributed by atoms with E-state index in [2.05, 4.69) is 10.1 Å². The third-order valence-electron chi connectivity index (χ3n) is 5.15. The molecule has 1 aromatic carbocycles. The molecule has 0 spiro atoms. The van der Waals surface area contributed by atoms with Gasteiger partial charge in [0.1, 0.15) is 5.75 Å². The zero-order valence-corrected chi connectivity index (χ0v) is 14.9. The highest BCUT2D eigenvalue weighted by molar-refractivity contribution is 6.07. The number of piperidine rings is 1. The van der Waals surface area contributed by atoms with Crippen molar-refractivity contribution in [3.63, 3.8) is 0 Å². The van der Waals surface area contributed by atoms with E-state index in [1.54, 1.807) is 26.4 Å². The molecule has 1 saturated heterocycles. The molecule has 136 valence electrons. The lowest BCUT2D eigenvalue weighted by molar-refractivity contribution is 0.0607. The van der Waals surface area contributed by atoms with Crippen LogP contribution in [0.1, 0.15) is 41.4 Å². The molecule has 1 fully saturated rings. The third kappa shape index (κ3) is 2.69. The molecule has 26 heavy (non-hydrogen) atoms. The Balaban J connectivity index is 1.72. The molecule has 0 aliphatic carbocycles. The van der Waals surface area contributed by atoms with Gasteiger partial charge in [0.15, 0.2) is 0 Å². The van der Waals surface area contributed by atoms with Gasteiger partial charge in [-0.1, -0.05) is 0 Å². The van der Waals surface area contributed by atoms with Gasteiger partial charge < -0.3 is 14.6 Å². The molecular formula is C19H22N4O3. The maximum absolute atomic E-state index is 13.3. The number of hydrogen-bond acceptors (Lipinski definition) is 3. The molecule has 4 rings (SSSR count). The number of likely N-dealkylation sites (tertiary alicyclic amines) is 1. The number of methoxy groups -OCH3 is 1. The largest absolute Gasteiger partial charge is 0.497 e. The zero-order valence-electron chi connectivity index (χ0n) is 14.9. The van der Waals surface area contributed by atoms with Gasteiger partial charge >= 0.3 is 0 Å². The number of ether oxygens (including phenoxy) is 1. The van der Waals surface area contributed by atoms with Crippen molar-refractivity contribution in [1.82, 2.24) is 19.7 Å². The SMILES string of the molecule is COc1ccc2[nH]cc(C(=O)N3CCCCC3c3cc(=O)n(C)[nH]3)c2c1. The number of H-pyrrole nitrogens is 2. The predicted molar refractivity (Wildman–Crippen MR) is 98.5 cm³/mol. The highest BCUT2D eigenvalue weighted by Gasteiger charge is 2.31. The quantitative estimate of drug-likeness (QED) is 0.758. The first-order chi connectivity index (χ1) is 12.6. The van der Waals surface area contributed by atoms with Crippen LogP contribution < -0.4 is 10.3 Å². The van der Waals surface area contributed by atoms with Crippen molar-refractivity contribution in [2.45, 2.75) is 25.3 Å². The first-order valence-electron chi connectivity index (χ1n) is 8.80. The first kappa shape index (κ1) is 16.5. The number of nitrogens with one attached hydrogen (secondary N) is 2. The van der Waals surface area contributed by atoms with E-state index in [4.69, 9.17) is 4.74 Å². The fraction of sp³-hybridized carbons (Fsp3) is 0.368. The van der Waals surface area contributed by atoms with Gasteiger partial charge in [-0.25, -0.2) is 0 Å². The van der Waals surface area contributed by atoms with Crippen LogP contribution in [0.2, 0.25) is 0 Å². The van der Waals surface area contributed by atoms with Crippen molar-refractivity contribution in [1.29, 1.82) is 0 Å². The summed E-state index contributed by atoms with van der Waals surface area (Å²) in [4.78, 5) is 30.2. The van der Waals surface area contributed by atoms with E-state index in [-0.39, 0.29) is 17.5 Å². The van der Waals surface area contributed by atoms with Crippen molar-refractivity contribution in [3.05, 3.63) is 52.1 Å². The van der Waals surface area contributed by atoms with Crippen molar-refractivity contribution < 1.29 is 9.53 Å². The fourth-order valence-corrected chi connectivity index (χ4v) is 3.74. The van der Waals surface area contributed by atoms with Gasteiger partial charge in [0.2, 0.25) is 0 Å². The van der Waals surface area contributed by atoms with Gasteiger partial charge in [-0.3, -0.25) is 19.4 Å². The molecule has 1 aliphatic rings. The number of hydrogen-bond donors (Lipinski definition) is 2. The molecule has 3 heterocycles. The van der Waals surface area contributed by atoms with Gasteiger partial charge in [-0.15, -0.1) is 0 Å². The normalized spacial score (nSPS) is 17.6. The Hall–Kier alpha value is -2.96. The lowest BCUT2D eigenvalue weighted by Crippen LogP contribution is -2.38. The molecule has 3 aromatic rings. The minimum atomic E-state index is -0.110. The van der Waals surface area contributed by atoms with Gasteiger partial charge in [-0.2, -0.15) is 0 Å². The first-order valence-corrected chi connectivity index (χ1v) is 8.80. The number of aryl methyl sites for hydroxylation is 1. The third-order valence-corrected chi connectivity index (χ3v) is 5.15. The minimum Gasteiger partial charge on any atom is -0.497 e. The summed E-state index contributed by atoms with van der Waals surface area (Å²) in [5.41, 5.74) is 2.23. The van der Waals surface area contributed by atoms with Crippen LogP contribution in [0.25, 0.3) is 10.9 Å². The summed E-state index contributed by atoms with van der Waals surface area (Å²) in [7, 11) is 3.30. The molecule has 0 saturated carbocycles. The Bertz CT molecular complexity index is 1010. The summed E-state index contributed by atoms with van der Waals surface area (Å²) in [6.07, 6.45) is 4.60. The average Bonchev–Trinajstić information content (AvgIpc) is 3.24. The van der Waals surface area contributed by atoms with Crippen molar-refractivity contribution in [3.8, 4) is 5.75 Å². The summed E-state index contributed by atoms with van der Waals surface area (Å²) >= 11 is 0. The molecule has 7 nitrogen and oxygen atoms in total. The number of amides is 1. The number of benzene rings is 1. The van der Waals surface area contributed by atoms with Crippen LogP contribution in [0.5, 0.6) is 5.75 Å². The van der Waals surface area contributed by atoms with E-state index in [9.17, 15) is 9.59 Å². The van der Waals surface area contributed by atoms with Crippen LogP contribution in [-0.4, -0.2) is 39.2 Å². The number of carbonyl (C=O) groups is 1. The molecule has 2 N–H and O–H groups in total. The number of nitrogens with zero attached hydrogens (tertiary/aromatic N) is 2. The number of rotatable bonds is 3. The van der Waals surface area contributed by atoms with Crippen LogP contribution >= 0.6 is 0 Å². The Kier molecular flexibility index (Phi) is 4.06. The highest BCUT2D eigenvalue weighted by Crippen LogP contribution is 2.32. The maximum Gasteiger partial charge on any atom is 0.266 e. The lowest BCUT2D eigenvalue weighted by atomic mass is 9.98. The van der Waals surface area contributed by atoms with Crippen LogP contribution in [0.15, 0.2) is 35.3 Å². The average molecular weight is 354 g/mol. The Morgan fingerprint density at radius 3 is 2.85 bits per heavy atom. The van der Waals surface area contributed by atoms with Gasteiger partial charge in [0.05, 0.1) is 24.4 Å². The summed E-state index contributed by atoms with van der Waals surface area (Å²) in [6.45, 7) is 0.678. The molecule has 1 unspecified atom stereocenters. The second-order valence-corrected chi connectivity index (χ2v) is 6.73. The van der Waals surface area contributed by atoms with E-state index in [1.807, 2.05) is 23.1 Å². The zero-order chi connectivity index (χ0) is 18.3. The predicted octanol–water partition coefficient (Wildman–Crippen LogP) is 2.57. The van der Waals surface area contributed by atoms with Gasteiger partial charge in [0.25, 0.3) is 11.5 Å². The summed E-state index contributed by atoms with van der Waals surface area (Å²) < 4.78 is 6.74. The lowest BCUT2D eigenvalue weighted by Gasteiger charge is -2.35. The molecule has 1 amide bonds. The Labute approximate surface area is 150 Å². The van der Waals surface area contributed by atoms with Crippen LogP contribution in [0.4, 0.5) is 0 Å². The number of aromatic nitrogens is 3. The van der Waals surface area contributed by atoms with Crippen LogP contribution in [0, 0.1) is 0 Å². The van der Waals surface area contributed by atoms with Crippen LogP contribution in [-0.2, 0) is 7.05 Å². The molecule has 2 aromatic heterocycles. The smallest absolute Gasteiger partial charge is 0.266 e. The second-order valence-electron chi connectivity index (χ2n) is 6.73. The van der Waals surface area contributed by atoms with E-state index in [0.29, 0.717) is 17.9 Å². The summed E-state index contributed by atoms with van der Waals surface area (Å²) in [5, 5.41) is 3.93. The fourth-order valence-electron chi connectivity index (χ4n) is 3.74. The number of fused-ring (bicyclic) bond motifs is 1. The Morgan fingerprint density at radius 1 is 1.27 bits per heavy atom. The molecule has 7 heteroatoms. The van der Waals surface area contributed by atoms with E-state index in [0.717, 1.165) is 35.9 Å². The number of carbonyl (C=O) groups excluding carboxylic acids is 1. The Morgan fingerprint density at radius 2 is 2.12 bits per heavy atom. The highest BCUT2D eigenvalue weighted by atomic mass is 16.5. The van der Waals surface area contributed by atoms with Gasteiger partial charge in [-0.05, 0) is 37.5 Å². The molecule has 0 bridgehead atoms. The van der Waals surface area contributed by atoms with E-state index < -0.39 is 0 Å². The topological polar surface area (TPSA) is 83.1 Å². The maximum atomic E-state index is 13.3. The van der Waals surface area contributed by atoms with E-state index >= 15 is 0 Å².